The number of carbonyl (C=O) groups is 2. The van der Waals surface area contributed by atoms with Crippen LogP contribution in [0.3, 0.4) is 0 Å². The lowest BCUT2D eigenvalue weighted by Crippen LogP contribution is -2.19. The Morgan fingerprint density at radius 3 is 2.35 bits per heavy atom. The predicted molar refractivity (Wildman–Crippen MR) is 180 cm³/mol. The zero-order chi connectivity index (χ0) is 29.8. The van der Waals surface area contributed by atoms with Gasteiger partial charge < -0.3 is 10.6 Å². The van der Waals surface area contributed by atoms with Crippen molar-refractivity contribution >= 4 is 79.7 Å². The topological polar surface area (TPSA) is 71.1 Å². The molecule has 0 saturated carbocycles. The van der Waals surface area contributed by atoms with Crippen LogP contribution in [0.15, 0.2) is 126 Å². The van der Waals surface area contributed by atoms with Crippen molar-refractivity contribution in [3.8, 4) is 11.3 Å². The Labute approximate surface area is 266 Å². The summed E-state index contributed by atoms with van der Waals surface area (Å²) in [6.07, 6.45) is 0. The molecular weight excluding hydrogens is 617 g/mol. The van der Waals surface area contributed by atoms with E-state index in [-0.39, 0.29) is 11.8 Å². The summed E-state index contributed by atoms with van der Waals surface area (Å²) in [5, 5.41) is 10.7. The van der Waals surface area contributed by atoms with Gasteiger partial charge >= 0.3 is 0 Å². The highest BCUT2D eigenvalue weighted by Gasteiger charge is 2.23. The van der Waals surface area contributed by atoms with Gasteiger partial charge in [0.15, 0.2) is 5.13 Å². The minimum atomic E-state index is -0.565. The van der Waals surface area contributed by atoms with Crippen molar-refractivity contribution in [2.45, 2.75) is 10.1 Å². The van der Waals surface area contributed by atoms with Gasteiger partial charge in [0.1, 0.15) is 5.25 Å². The van der Waals surface area contributed by atoms with E-state index in [1.165, 1.54) is 23.1 Å². The molecule has 1 heterocycles. The monoisotopic (exact) mass is 639 g/mol. The predicted octanol–water partition coefficient (Wildman–Crippen LogP) is 9.99. The molecule has 0 saturated heterocycles. The minimum absolute atomic E-state index is 0.202. The number of rotatable bonds is 8. The van der Waals surface area contributed by atoms with Crippen LogP contribution in [0.4, 0.5) is 10.8 Å². The lowest BCUT2D eigenvalue weighted by atomic mass is 10.1. The molecule has 2 amide bonds. The van der Waals surface area contributed by atoms with Crippen molar-refractivity contribution < 1.29 is 9.59 Å². The molecule has 0 fully saturated rings. The summed E-state index contributed by atoms with van der Waals surface area (Å²) in [6.45, 7) is 0. The first-order valence-corrected chi connectivity index (χ1v) is 15.8. The molecule has 0 aliphatic rings. The van der Waals surface area contributed by atoms with Gasteiger partial charge in [-0.05, 0) is 58.8 Å². The number of anilines is 2. The van der Waals surface area contributed by atoms with Crippen LogP contribution < -0.4 is 10.6 Å². The van der Waals surface area contributed by atoms with Gasteiger partial charge in [0.2, 0.25) is 5.91 Å². The second-order valence-corrected chi connectivity index (χ2v) is 12.5. The third kappa shape index (κ3) is 6.92. The van der Waals surface area contributed by atoms with E-state index in [0.717, 1.165) is 26.8 Å². The van der Waals surface area contributed by atoms with Gasteiger partial charge in [-0.25, -0.2) is 4.98 Å². The van der Waals surface area contributed by atoms with Gasteiger partial charge in [-0.2, -0.15) is 0 Å². The number of amides is 2. The number of fused-ring (bicyclic) bond motifs is 1. The van der Waals surface area contributed by atoms with E-state index < -0.39 is 5.25 Å². The second kappa shape index (κ2) is 13.0. The van der Waals surface area contributed by atoms with Gasteiger partial charge in [-0.15, -0.1) is 23.1 Å². The summed E-state index contributed by atoms with van der Waals surface area (Å²) in [4.78, 5) is 32.1. The van der Waals surface area contributed by atoms with Crippen LogP contribution in [0, 0.1) is 0 Å². The molecule has 6 aromatic rings. The zero-order valence-electron chi connectivity index (χ0n) is 22.5. The van der Waals surface area contributed by atoms with Gasteiger partial charge in [0.05, 0.1) is 15.7 Å². The molecule has 5 nitrogen and oxygen atoms in total. The summed E-state index contributed by atoms with van der Waals surface area (Å²) < 4.78 is 0. The fourth-order valence-electron chi connectivity index (χ4n) is 4.51. The zero-order valence-corrected chi connectivity index (χ0v) is 25.6. The molecule has 0 aliphatic heterocycles. The highest BCUT2D eigenvalue weighted by molar-refractivity contribution is 8.00. The molecular formula is C34H23Cl2N3O2S2. The van der Waals surface area contributed by atoms with Crippen LogP contribution >= 0.6 is 46.3 Å². The Morgan fingerprint density at radius 1 is 0.744 bits per heavy atom. The molecule has 1 aromatic heterocycles. The van der Waals surface area contributed by atoms with Crippen molar-refractivity contribution in [3.63, 3.8) is 0 Å². The van der Waals surface area contributed by atoms with E-state index in [0.29, 0.717) is 32.1 Å². The summed E-state index contributed by atoms with van der Waals surface area (Å²) in [5.41, 5.74) is 3.56. The number of hydrogen-bond acceptors (Lipinski definition) is 5. The van der Waals surface area contributed by atoms with Crippen molar-refractivity contribution in [1.82, 2.24) is 4.98 Å². The number of carbonyl (C=O) groups excluding carboxylic acids is 2. The van der Waals surface area contributed by atoms with Gasteiger partial charge in [-0.3, -0.25) is 9.59 Å². The number of thioether (sulfide) groups is 1. The third-order valence-electron chi connectivity index (χ3n) is 6.65. The summed E-state index contributed by atoms with van der Waals surface area (Å²) >= 11 is 15.0. The first-order chi connectivity index (χ1) is 20.9. The third-order valence-corrected chi connectivity index (χ3v) is 9.39. The number of nitrogens with one attached hydrogen (secondary N) is 2. The van der Waals surface area contributed by atoms with Gasteiger partial charge in [-0.1, -0.05) is 96.0 Å². The molecule has 5 aromatic carbocycles. The minimum Gasteiger partial charge on any atom is -0.322 e. The number of benzene rings is 5. The fourth-order valence-corrected chi connectivity index (χ4v) is 6.61. The lowest BCUT2D eigenvalue weighted by Gasteiger charge is -2.17. The molecule has 0 spiro atoms. The van der Waals surface area contributed by atoms with Crippen molar-refractivity contribution in [3.05, 3.63) is 142 Å². The van der Waals surface area contributed by atoms with E-state index >= 15 is 0 Å². The van der Waals surface area contributed by atoms with Crippen LogP contribution in [0.2, 0.25) is 10.0 Å². The molecule has 43 heavy (non-hydrogen) atoms. The molecule has 9 heteroatoms. The van der Waals surface area contributed by atoms with Crippen LogP contribution in [-0.4, -0.2) is 16.8 Å². The molecule has 0 aliphatic carbocycles. The molecule has 212 valence electrons. The standard InChI is InChI=1S/C34H23Cl2N3O2S2/c35-28-16-15-24(18-29(28)36)30-20-42-34(38-30)39-33(41)31(22-8-2-1-3-9-22)43-27-12-6-11-26(19-27)37-32(40)25-14-13-21-7-4-5-10-23(21)17-25/h1-20,31H,(H,37,40)(H,38,39,41). The smallest absolute Gasteiger partial charge is 0.255 e. The Kier molecular flexibility index (Phi) is 8.77. The van der Waals surface area contributed by atoms with E-state index in [2.05, 4.69) is 15.6 Å². The van der Waals surface area contributed by atoms with E-state index in [9.17, 15) is 9.59 Å². The van der Waals surface area contributed by atoms with Gasteiger partial charge in [0.25, 0.3) is 5.91 Å². The molecule has 6 rings (SSSR count). The normalized spacial score (nSPS) is 11.7. The summed E-state index contributed by atoms with van der Waals surface area (Å²) in [6, 6.07) is 35.9. The molecule has 0 radical (unpaired) electrons. The highest BCUT2D eigenvalue weighted by atomic mass is 35.5. The van der Waals surface area contributed by atoms with Gasteiger partial charge in [0, 0.05) is 27.1 Å². The van der Waals surface area contributed by atoms with Crippen LogP contribution in [0.1, 0.15) is 21.2 Å². The fraction of sp³-hybridized carbons (Fsp3) is 0.0294. The maximum atomic E-state index is 13.6. The number of halogens is 2. The molecule has 1 unspecified atom stereocenters. The Bertz CT molecular complexity index is 1950. The molecule has 1 atom stereocenters. The Balaban J connectivity index is 1.19. The van der Waals surface area contributed by atoms with Crippen LogP contribution in [-0.2, 0) is 4.79 Å². The maximum Gasteiger partial charge on any atom is 0.255 e. The van der Waals surface area contributed by atoms with Crippen LogP contribution in [0.25, 0.3) is 22.0 Å². The Hall–Kier alpha value is -4.14. The first-order valence-electron chi connectivity index (χ1n) is 13.3. The molecule has 0 bridgehead atoms. The second-order valence-electron chi connectivity index (χ2n) is 9.61. The lowest BCUT2D eigenvalue weighted by molar-refractivity contribution is -0.115. The number of thiazole rings is 1. The average molecular weight is 641 g/mol. The van der Waals surface area contributed by atoms with Crippen molar-refractivity contribution in [1.29, 1.82) is 0 Å². The van der Waals surface area contributed by atoms with E-state index in [1.807, 2.05) is 109 Å². The number of nitrogens with zero attached hydrogens (tertiary/aromatic N) is 1. The van der Waals surface area contributed by atoms with Crippen LogP contribution in [0.5, 0.6) is 0 Å². The van der Waals surface area contributed by atoms with E-state index in [4.69, 9.17) is 23.2 Å². The van der Waals surface area contributed by atoms with E-state index in [1.54, 1.807) is 12.1 Å². The largest absolute Gasteiger partial charge is 0.322 e. The quantitative estimate of drug-likeness (QED) is 0.163. The maximum absolute atomic E-state index is 13.6. The number of hydrogen-bond donors (Lipinski definition) is 2. The highest BCUT2D eigenvalue weighted by Crippen LogP contribution is 2.38. The number of aromatic nitrogens is 1. The SMILES string of the molecule is O=C(Nc1cccc(SC(C(=O)Nc2nc(-c3ccc(Cl)c(Cl)c3)cs2)c2ccccc2)c1)c1ccc2ccccc2c1. The summed E-state index contributed by atoms with van der Waals surface area (Å²) in [7, 11) is 0. The first kappa shape index (κ1) is 29.0. The molecule has 2 N–H and O–H groups in total. The van der Waals surface area contributed by atoms with Crippen molar-refractivity contribution in [2.24, 2.45) is 0 Å². The summed E-state index contributed by atoms with van der Waals surface area (Å²) in [5.74, 6) is -0.413. The Morgan fingerprint density at radius 2 is 1.53 bits per heavy atom. The average Bonchev–Trinajstić information content (AvgIpc) is 3.50. The van der Waals surface area contributed by atoms with Crippen molar-refractivity contribution in [2.75, 3.05) is 10.6 Å².